The highest BCUT2D eigenvalue weighted by Gasteiger charge is 2.19. The summed E-state index contributed by atoms with van der Waals surface area (Å²) in [4.78, 5) is 38.3. The SMILES string of the molecule is CC/C=C\C/C=C\C/C=C\C/C=C\C/C=C\C/C=C\C/C=C\C/C=C\CCCCCCCCC(=O)OCC(COC(=O)CCCCCCCCCCCCCCCCC)OC(=O)CCCCCCCCCCCCCCCCC. The van der Waals surface area contributed by atoms with Crippen molar-refractivity contribution in [3.8, 4) is 0 Å². The standard InChI is InChI=1S/C73H126O6/c1-4-7-10-13-16-19-22-25-28-29-30-31-32-33-34-35-36-37-38-39-40-41-42-43-46-48-51-54-57-60-63-66-72(75)78-69-70(79-73(76)67-64-61-58-55-52-49-45-27-24-21-18-15-12-9-6-3)68-77-71(74)65-62-59-56-53-50-47-44-26-23-20-17-14-11-8-5-2/h7,10,16,19,25,28,30-31,33-34,36-37,39-40,42-43,70H,4-6,8-9,11-15,17-18,20-24,26-27,29,32,35,38,41,44-69H2,1-3H3/b10-7-,19-16-,28-25-,31-30-,34-33-,37-36-,40-39-,43-42-. The lowest BCUT2D eigenvalue weighted by Crippen LogP contribution is -2.30. The Bertz CT molecular complexity index is 1540. The van der Waals surface area contributed by atoms with Crippen LogP contribution >= 0.6 is 0 Å². The van der Waals surface area contributed by atoms with Crippen molar-refractivity contribution in [1.29, 1.82) is 0 Å². The van der Waals surface area contributed by atoms with Crippen LogP contribution < -0.4 is 0 Å². The molecule has 1 unspecified atom stereocenters. The Morgan fingerprint density at radius 3 is 0.772 bits per heavy atom. The molecule has 0 aliphatic rings. The molecule has 0 aromatic heterocycles. The van der Waals surface area contributed by atoms with E-state index in [1.54, 1.807) is 0 Å². The smallest absolute Gasteiger partial charge is 0.306 e. The van der Waals surface area contributed by atoms with Gasteiger partial charge in [-0.15, -0.1) is 0 Å². The van der Waals surface area contributed by atoms with E-state index < -0.39 is 6.10 Å². The minimum Gasteiger partial charge on any atom is -0.462 e. The van der Waals surface area contributed by atoms with Crippen molar-refractivity contribution >= 4 is 17.9 Å². The van der Waals surface area contributed by atoms with Gasteiger partial charge in [-0.05, 0) is 83.5 Å². The van der Waals surface area contributed by atoms with Gasteiger partial charge >= 0.3 is 17.9 Å². The summed E-state index contributed by atoms with van der Waals surface area (Å²) in [5.74, 6) is -0.876. The molecule has 0 rings (SSSR count). The van der Waals surface area contributed by atoms with Gasteiger partial charge in [0, 0.05) is 19.3 Å². The maximum Gasteiger partial charge on any atom is 0.306 e. The quantitative estimate of drug-likeness (QED) is 0.0261. The van der Waals surface area contributed by atoms with Gasteiger partial charge in [0.2, 0.25) is 0 Å². The van der Waals surface area contributed by atoms with E-state index in [1.165, 1.54) is 167 Å². The van der Waals surface area contributed by atoms with Crippen LogP contribution in [0.15, 0.2) is 97.2 Å². The zero-order valence-corrected chi connectivity index (χ0v) is 52.1. The lowest BCUT2D eigenvalue weighted by atomic mass is 10.0. The van der Waals surface area contributed by atoms with Crippen molar-refractivity contribution in [2.24, 2.45) is 0 Å². The summed E-state index contributed by atoms with van der Waals surface area (Å²) in [6.45, 7) is 6.56. The van der Waals surface area contributed by atoms with Gasteiger partial charge in [-0.3, -0.25) is 14.4 Å². The third kappa shape index (κ3) is 65.0. The monoisotopic (exact) mass is 1100 g/mol. The minimum absolute atomic E-state index is 0.0770. The Kier molecular flexibility index (Phi) is 63.7. The van der Waals surface area contributed by atoms with Gasteiger partial charge in [0.25, 0.3) is 0 Å². The first kappa shape index (κ1) is 75.3. The highest BCUT2D eigenvalue weighted by Crippen LogP contribution is 2.17. The highest BCUT2D eigenvalue weighted by atomic mass is 16.6. The van der Waals surface area contributed by atoms with E-state index in [4.69, 9.17) is 14.2 Å². The van der Waals surface area contributed by atoms with Gasteiger partial charge < -0.3 is 14.2 Å². The maximum absolute atomic E-state index is 12.9. The number of allylic oxidation sites excluding steroid dienone is 16. The van der Waals surface area contributed by atoms with Gasteiger partial charge in [-0.2, -0.15) is 0 Å². The third-order valence-electron chi connectivity index (χ3n) is 14.6. The number of carbonyl (C=O) groups excluding carboxylic acids is 3. The number of unbranched alkanes of at least 4 members (excludes halogenated alkanes) is 34. The minimum atomic E-state index is -0.781. The fourth-order valence-corrected chi connectivity index (χ4v) is 9.58. The summed E-state index contributed by atoms with van der Waals surface area (Å²) < 4.78 is 16.9. The second-order valence-corrected chi connectivity index (χ2v) is 22.4. The summed E-state index contributed by atoms with van der Waals surface area (Å²) in [6, 6.07) is 0. The molecule has 0 aromatic carbocycles. The topological polar surface area (TPSA) is 78.9 Å². The zero-order valence-electron chi connectivity index (χ0n) is 52.1. The molecule has 0 spiro atoms. The summed E-state index contributed by atoms with van der Waals surface area (Å²) in [5, 5.41) is 0. The van der Waals surface area contributed by atoms with Crippen LogP contribution in [0.3, 0.4) is 0 Å². The average molecular weight is 1100 g/mol. The van der Waals surface area contributed by atoms with Crippen LogP contribution in [0.1, 0.15) is 329 Å². The van der Waals surface area contributed by atoms with Crippen LogP contribution in [0.5, 0.6) is 0 Å². The maximum atomic E-state index is 12.9. The summed E-state index contributed by atoms with van der Waals surface area (Å²) in [5.41, 5.74) is 0. The molecule has 1 atom stereocenters. The van der Waals surface area contributed by atoms with Crippen molar-refractivity contribution < 1.29 is 28.6 Å². The van der Waals surface area contributed by atoms with Crippen LogP contribution in [0.2, 0.25) is 0 Å². The molecule has 0 aliphatic carbocycles. The van der Waals surface area contributed by atoms with Gasteiger partial charge in [0.05, 0.1) is 0 Å². The molecule has 79 heavy (non-hydrogen) atoms. The van der Waals surface area contributed by atoms with E-state index >= 15 is 0 Å². The van der Waals surface area contributed by atoms with Crippen molar-refractivity contribution in [3.63, 3.8) is 0 Å². The molecule has 454 valence electrons. The van der Waals surface area contributed by atoms with Crippen LogP contribution in [-0.2, 0) is 28.6 Å². The Morgan fingerprint density at radius 2 is 0.494 bits per heavy atom. The molecular formula is C73H126O6. The van der Waals surface area contributed by atoms with Crippen molar-refractivity contribution in [3.05, 3.63) is 97.2 Å². The number of carbonyl (C=O) groups is 3. The van der Waals surface area contributed by atoms with Gasteiger partial charge in [0.1, 0.15) is 13.2 Å². The molecule has 6 nitrogen and oxygen atoms in total. The average Bonchev–Trinajstić information content (AvgIpc) is 3.45. The Hall–Kier alpha value is -3.67. The number of hydrogen-bond acceptors (Lipinski definition) is 6. The van der Waals surface area contributed by atoms with Gasteiger partial charge in [-0.25, -0.2) is 0 Å². The fourth-order valence-electron chi connectivity index (χ4n) is 9.58. The Balaban J connectivity index is 4.31. The molecule has 0 saturated heterocycles. The lowest BCUT2D eigenvalue weighted by Gasteiger charge is -2.18. The lowest BCUT2D eigenvalue weighted by molar-refractivity contribution is -0.167. The van der Waals surface area contributed by atoms with E-state index in [2.05, 4.69) is 118 Å². The van der Waals surface area contributed by atoms with E-state index in [9.17, 15) is 14.4 Å². The molecule has 0 N–H and O–H groups in total. The molecule has 0 bridgehead atoms. The largest absolute Gasteiger partial charge is 0.462 e. The molecular weight excluding hydrogens is 973 g/mol. The second-order valence-electron chi connectivity index (χ2n) is 22.4. The van der Waals surface area contributed by atoms with Crippen LogP contribution in [0, 0.1) is 0 Å². The first-order valence-electron chi connectivity index (χ1n) is 33.7. The predicted octanol–water partition coefficient (Wildman–Crippen LogP) is 23.2. The molecule has 0 aliphatic heterocycles. The van der Waals surface area contributed by atoms with Crippen LogP contribution in [0.25, 0.3) is 0 Å². The number of esters is 3. The van der Waals surface area contributed by atoms with Gasteiger partial charge in [0.15, 0.2) is 6.10 Å². The first-order chi connectivity index (χ1) is 39.0. The normalized spacial score (nSPS) is 12.7. The Morgan fingerprint density at radius 1 is 0.266 bits per heavy atom. The number of ether oxygens (including phenoxy) is 3. The molecule has 0 amide bonds. The first-order valence-corrected chi connectivity index (χ1v) is 33.7. The van der Waals surface area contributed by atoms with Crippen molar-refractivity contribution in [2.75, 3.05) is 13.2 Å². The molecule has 0 radical (unpaired) electrons. The van der Waals surface area contributed by atoms with Crippen molar-refractivity contribution in [1.82, 2.24) is 0 Å². The Labute approximate surface area is 489 Å². The molecule has 6 heteroatoms. The van der Waals surface area contributed by atoms with Crippen LogP contribution in [-0.4, -0.2) is 37.2 Å². The molecule has 0 fully saturated rings. The van der Waals surface area contributed by atoms with E-state index in [0.29, 0.717) is 19.3 Å². The summed E-state index contributed by atoms with van der Waals surface area (Å²) in [6.07, 6.45) is 89.9. The van der Waals surface area contributed by atoms with E-state index in [-0.39, 0.29) is 31.1 Å². The van der Waals surface area contributed by atoms with Gasteiger partial charge in [-0.1, -0.05) is 323 Å². The summed E-state index contributed by atoms with van der Waals surface area (Å²) in [7, 11) is 0. The number of rotatable bonds is 61. The van der Waals surface area contributed by atoms with E-state index in [1.807, 2.05) is 0 Å². The number of hydrogen-bond donors (Lipinski definition) is 0. The summed E-state index contributed by atoms with van der Waals surface area (Å²) >= 11 is 0. The zero-order chi connectivity index (χ0) is 57.1. The molecule has 0 saturated carbocycles. The second kappa shape index (κ2) is 66.8. The van der Waals surface area contributed by atoms with E-state index in [0.717, 1.165) is 122 Å². The van der Waals surface area contributed by atoms with Crippen molar-refractivity contribution in [2.45, 2.75) is 335 Å². The molecule has 0 heterocycles. The highest BCUT2D eigenvalue weighted by molar-refractivity contribution is 5.71. The predicted molar refractivity (Wildman–Crippen MR) is 344 cm³/mol. The third-order valence-corrected chi connectivity index (χ3v) is 14.6. The van der Waals surface area contributed by atoms with Crippen LogP contribution in [0.4, 0.5) is 0 Å². The fraction of sp³-hybridized carbons (Fsp3) is 0.740. The molecule has 0 aromatic rings.